The molecule has 162 valence electrons. The van der Waals surface area contributed by atoms with E-state index < -0.39 is 0 Å². The van der Waals surface area contributed by atoms with E-state index in [9.17, 15) is 0 Å². The SMILES string of the molecule is CCc1ccccc1-n1c(SC[C@H]2COc3ccccc3O2)nnc1N1CCOCC1. The van der Waals surface area contributed by atoms with E-state index in [0.29, 0.717) is 19.8 Å². The third-order valence-electron chi connectivity index (χ3n) is 5.49. The molecule has 3 heterocycles. The van der Waals surface area contributed by atoms with Crippen LogP contribution >= 0.6 is 11.8 Å². The Kier molecular flexibility index (Phi) is 5.99. The third kappa shape index (κ3) is 4.22. The number of para-hydroxylation sites is 3. The van der Waals surface area contributed by atoms with Gasteiger partial charge in [0.05, 0.1) is 18.9 Å². The summed E-state index contributed by atoms with van der Waals surface area (Å²) in [6, 6.07) is 16.3. The number of ether oxygens (including phenoxy) is 3. The molecule has 2 aromatic carbocycles. The minimum Gasteiger partial charge on any atom is -0.486 e. The lowest BCUT2D eigenvalue weighted by molar-refractivity contribution is 0.107. The van der Waals surface area contributed by atoms with Gasteiger partial charge >= 0.3 is 0 Å². The minimum atomic E-state index is -0.0432. The van der Waals surface area contributed by atoms with E-state index in [4.69, 9.17) is 14.2 Å². The number of hydrogen-bond acceptors (Lipinski definition) is 7. The Bertz CT molecular complexity index is 1040. The first-order chi connectivity index (χ1) is 15.3. The number of aromatic nitrogens is 3. The third-order valence-corrected chi connectivity index (χ3v) is 6.55. The highest BCUT2D eigenvalue weighted by Gasteiger charge is 2.25. The molecule has 0 aliphatic carbocycles. The van der Waals surface area contributed by atoms with Gasteiger partial charge in [0.15, 0.2) is 16.7 Å². The van der Waals surface area contributed by atoms with Crippen LogP contribution in [0.5, 0.6) is 11.5 Å². The van der Waals surface area contributed by atoms with Crippen LogP contribution in [0.1, 0.15) is 12.5 Å². The van der Waals surface area contributed by atoms with Gasteiger partial charge in [-0.15, -0.1) is 10.2 Å². The van der Waals surface area contributed by atoms with Crippen molar-refractivity contribution in [3.8, 4) is 17.2 Å². The maximum Gasteiger partial charge on any atom is 0.232 e. The van der Waals surface area contributed by atoms with Gasteiger partial charge in [0.1, 0.15) is 12.7 Å². The average molecular weight is 439 g/mol. The number of hydrogen-bond donors (Lipinski definition) is 0. The fraction of sp³-hybridized carbons (Fsp3) is 0.391. The van der Waals surface area contributed by atoms with Gasteiger partial charge in [0.2, 0.25) is 5.95 Å². The van der Waals surface area contributed by atoms with Crippen LogP contribution in [0.2, 0.25) is 0 Å². The first-order valence-electron chi connectivity index (χ1n) is 10.7. The number of rotatable bonds is 6. The molecule has 7 nitrogen and oxygen atoms in total. The molecule has 1 aromatic heterocycles. The van der Waals surface area contributed by atoms with E-state index in [1.807, 2.05) is 24.3 Å². The van der Waals surface area contributed by atoms with Crippen LogP contribution in [0.3, 0.4) is 0 Å². The Balaban J connectivity index is 1.41. The zero-order chi connectivity index (χ0) is 21.0. The molecule has 0 saturated carbocycles. The summed E-state index contributed by atoms with van der Waals surface area (Å²) in [7, 11) is 0. The number of benzene rings is 2. The summed E-state index contributed by atoms with van der Waals surface area (Å²) < 4.78 is 19.7. The number of morpholine rings is 1. The van der Waals surface area contributed by atoms with Gasteiger partial charge in [0.25, 0.3) is 0 Å². The number of thioether (sulfide) groups is 1. The molecule has 3 aromatic rings. The summed E-state index contributed by atoms with van der Waals surface area (Å²) in [5.41, 5.74) is 2.40. The number of fused-ring (bicyclic) bond motifs is 1. The zero-order valence-electron chi connectivity index (χ0n) is 17.6. The topological polar surface area (TPSA) is 61.6 Å². The fourth-order valence-corrected chi connectivity index (χ4v) is 4.78. The van der Waals surface area contributed by atoms with Crippen molar-refractivity contribution in [1.82, 2.24) is 14.8 Å². The van der Waals surface area contributed by atoms with Gasteiger partial charge in [-0.25, -0.2) is 0 Å². The minimum absolute atomic E-state index is 0.0432. The Labute approximate surface area is 186 Å². The molecule has 0 bridgehead atoms. The highest BCUT2D eigenvalue weighted by atomic mass is 32.2. The summed E-state index contributed by atoms with van der Waals surface area (Å²) in [4.78, 5) is 2.25. The van der Waals surface area contributed by atoms with Crippen LogP contribution in [0.25, 0.3) is 5.69 Å². The van der Waals surface area contributed by atoms with Crippen molar-refractivity contribution >= 4 is 17.7 Å². The predicted molar refractivity (Wildman–Crippen MR) is 121 cm³/mol. The predicted octanol–water partition coefficient (Wildman–Crippen LogP) is 3.60. The molecule has 0 N–H and O–H groups in total. The summed E-state index contributed by atoms with van der Waals surface area (Å²) in [6.45, 7) is 5.74. The van der Waals surface area contributed by atoms with E-state index in [0.717, 1.165) is 53.6 Å². The molecule has 31 heavy (non-hydrogen) atoms. The monoisotopic (exact) mass is 438 g/mol. The van der Waals surface area contributed by atoms with Crippen LogP contribution < -0.4 is 14.4 Å². The first-order valence-corrected chi connectivity index (χ1v) is 11.7. The van der Waals surface area contributed by atoms with Crippen molar-refractivity contribution < 1.29 is 14.2 Å². The molecule has 1 atom stereocenters. The Hall–Kier alpha value is -2.71. The molecule has 1 saturated heterocycles. The van der Waals surface area contributed by atoms with Crippen LogP contribution in [-0.2, 0) is 11.2 Å². The van der Waals surface area contributed by atoms with Crippen molar-refractivity contribution in [1.29, 1.82) is 0 Å². The summed E-state index contributed by atoms with van der Waals surface area (Å²) in [5, 5.41) is 10.0. The Morgan fingerprint density at radius 3 is 2.61 bits per heavy atom. The van der Waals surface area contributed by atoms with E-state index in [1.165, 1.54) is 5.56 Å². The molecule has 8 heteroatoms. The maximum atomic E-state index is 6.14. The van der Waals surface area contributed by atoms with Crippen molar-refractivity contribution in [2.24, 2.45) is 0 Å². The quantitative estimate of drug-likeness (QED) is 0.545. The van der Waals surface area contributed by atoms with Crippen molar-refractivity contribution in [2.45, 2.75) is 24.6 Å². The summed E-state index contributed by atoms with van der Waals surface area (Å²) >= 11 is 1.65. The van der Waals surface area contributed by atoms with Gasteiger partial charge in [-0.2, -0.15) is 0 Å². The Morgan fingerprint density at radius 1 is 1.00 bits per heavy atom. The molecule has 5 rings (SSSR count). The highest BCUT2D eigenvalue weighted by molar-refractivity contribution is 7.99. The van der Waals surface area contributed by atoms with Crippen LogP contribution in [0.4, 0.5) is 5.95 Å². The summed E-state index contributed by atoms with van der Waals surface area (Å²) in [5.74, 6) is 3.20. The van der Waals surface area contributed by atoms with Gasteiger partial charge in [-0.1, -0.05) is 49.0 Å². The second-order valence-electron chi connectivity index (χ2n) is 7.51. The van der Waals surface area contributed by atoms with Crippen LogP contribution in [-0.4, -0.2) is 59.5 Å². The van der Waals surface area contributed by atoms with E-state index >= 15 is 0 Å². The average Bonchev–Trinajstić information content (AvgIpc) is 3.27. The number of anilines is 1. The molecule has 2 aliphatic heterocycles. The van der Waals surface area contributed by atoms with Crippen molar-refractivity contribution in [2.75, 3.05) is 43.6 Å². The Morgan fingerprint density at radius 2 is 1.77 bits per heavy atom. The van der Waals surface area contributed by atoms with Crippen molar-refractivity contribution in [3.05, 3.63) is 54.1 Å². The number of aryl methyl sites for hydroxylation is 1. The van der Waals surface area contributed by atoms with Crippen LogP contribution in [0, 0.1) is 0 Å². The molecule has 1 fully saturated rings. The molecule has 2 aliphatic rings. The second kappa shape index (κ2) is 9.20. The van der Waals surface area contributed by atoms with Crippen molar-refractivity contribution in [3.63, 3.8) is 0 Å². The lowest BCUT2D eigenvalue weighted by Crippen LogP contribution is -2.38. The molecular formula is C23H26N4O3S. The fourth-order valence-electron chi connectivity index (χ4n) is 3.88. The van der Waals surface area contributed by atoms with E-state index in [1.54, 1.807) is 11.8 Å². The van der Waals surface area contributed by atoms with E-state index in [-0.39, 0.29) is 6.10 Å². The summed E-state index contributed by atoms with van der Waals surface area (Å²) in [6.07, 6.45) is 0.899. The lowest BCUT2D eigenvalue weighted by atomic mass is 10.1. The lowest BCUT2D eigenvalue weighted by Gasteiger charge is -2.28. The maximum absolute atomic E-state index is 6.14. The van der Waals surface area contributed by atoms with E-state index in [2.05, 4.69) is 50.9 Å². The molecule has 0 spiro atoms. The van der Waals surface area contributed by atoms with Gasteiger partial charge in [-0.3, -0.25) is 4.57 Å². The molecule has 0 unspecified atom stereocenters. The largest absolute Gasteiger partial charge is 0.486 e. The number of nitrogens with zero attached hydrogens (tertiary/aromatic N) is 4. The van der Waals surface area contributed by atoms with Crippen LogP contribution in [0.15, 0.2) is 53.7 Å². The molecule has 0 radical (unpaired) electrons. The smallest absolute Gasteiger partial charge is 0.232 e. The van der Waals surface area contributed by atoms with Gasteiger partial charge in [-0.05, 0) is 30.2 Å². The zero-order valence-corrected chi connectivity index (χ0v) is 18.4. The van der Waals surface area contributed by atoms with Gasteiger partial charge < -0.3 is 19.1 Å². The molecular weight excluding hydrogens is 412 g/mol. The first kappa shape index (κ1) is 20.2. The normalized spacial score (nSPS) is 18.2. The standard InChI is InChI=1S/C23H26N4O3S/c1-2-17-7-3-4-8-19(17)27-22(26-11-13-28-14-12-26)24-25-23(27)31-16-18-15-29-20-9-5-6-10-21(20)30-18/h3-10,18H,2,11-16H2,1H3/t18-/m1/s1. The molecule has 0 amide bonds. The van der Waals surface area contributed by atoms with Gasteiger partial charge in [0, 0.05) is 18.8 Å². The second-order valence-corrected chi connectivity index (χ2v) is 8.50. The highest BCUT2D eigenvalue weighted by Crippen LogP contribution is 2.34.